The van der Waals surface area contributed by atoms with Crippen molar-refractivity contribution in [3.8, 4) is 11.5 Å². The van der Waals surface area contributed by atoms with Gasteiger partial charge >= 0.3 is 0 Å². The molecule has 0 atom stereocenters. The number of benzene rings is 2. The summed E-state index contributed by atoms with van der Waals surface area (Å²) in [6, 6.07) is 8.74. The molecule has 29 heavy (non-hydrogen) atoms. The second kappa shape index (κ2) is 9.87. The minimum atomic E-state index is -4.05. The Labute approximate surface area is 169 Å². The number of nitrogens with one attached hydrogen (secondary N) is 1. The number of methoxy groups -OCH3 is 1. The van der Waals surface area contributed by atoms with Crippen LogP contribution in [0.4, 0.5) is 5.69 Å². The van der Waals surface area contributed by atoms with E-state index in [-0.39, 0.29) is 10.6 Å². The fourth-order valence-corrected chi connectivity index (χ4v) is 3.20. The molecule has 0 aromatic heterocycles. The van der Waals surface area contributed by atoms with E-state index in [1.165, 1.54) is 32.4 Å². The largest absolute Gasteiger partial charge is 0.493 e. The maximum atomic E-state index is 12.3. The van der Waals surface area contributed by atoms with Crippen LogP contribution < -0.4 is 14.3 Å². The number of nitro groups is 1. The van der Waals surface area contributed by atoms with Crippen molar-refractivity contribution in [1.82, 2.24) is 4.83 Å². The fraction of sp³-hybridized carbons (Fsp3) is 0.316. The Hall–Kier alpha value is -3.14. The summed E-state index contributed by atoms with van der Waals surface area (Å²) in [6.07, 6.45) is 3.24. The Morgan fingerprint density at radius 1 is 1.21 bits per heavy atom. The van der Waals surface area contributed by atoms with Crippen LogP contribution in [0.2, 0.25) is 0 Å². The molecule has 2 rings (SSSR count). The lowest BCUT2D eigenvalue weighted by Gasteiger charge is -2.10. The molecule has 10 heteroatoms. The van der Waals surface area contributed by atoms with Gasteiger partial charge in [0, 0.05) is 11.6 Å². The highest BCUT2D eigenvalue weighted by Gasteiger charge is 2.19. The van der Waals surface area contributed by atoms with Crippen molar-refractivity contribution in [2.75, 3.05) is 13.7 Å². The molecule has 0 bridgehead atoms. The zero-order valence-electron chi connectivity index (χ0n) is 16.4. The van der Waals surface area contributed by atoms with Crippen molar-refractivity contribution >= 4 is 21.9 Å². The van der Waals surface area contributed by atoms with Gasteiger partial charge in [-0.3, -0.25) is 10.1 Å². The molecule has 0 unspecified atom stereocenters. The highest BCUT2D eigenvalue weighted by Crippen LogP contribution is 2.28. The molecule has 0 heterocycles. The van der Waals surface area contributed by atoms with Gasteiger partial charge in [0.2, 0.25) is 0 Å². The molecule has 0 aliphatic carbocycles. The fourth-order valence-electron chi connectivity index (χ4n) is 2.39. The Kier molecular flexibility index (Phi) is 7.54. The van der Waals surface area contributed by atoms with Gasteiger partial charge in [0.25, 0.3) is 15.7 Å². The normalized spacial score (nSPS) is 11.4. The number of aryl methyl sites for hydroxylation is 1. The molecule has 9 nitrogen and oxygen atoms in total. The molecule has 0 spiro atoms. The number of unbranched alkanes of at least 4 members (excludes halogenated alkanes) is 1. The molecule has 0 aliphatic heterocycles. The summed E-state index contributed by atoms with van der Waals surface area (Å²) >= 11 is 0. The van der Waals surface area contributed by atoms with Crippen LogP contribution in [0.1, 0.15) is 30.9 Å². The van der Waals surface area contributed by atoms with Crippen molar-refractivity contribution in [2.45, 2.75) is 31.6 Å². The van der Waals surface area contributed by atoms with Crippen LogP contribution in [0.3, 0.4) is 0 Å². The number of ether oxygens (including phenoxy) is 2. The van der Waals surface area contributed by atoms with Crippen LogP contribution in [0, 0.1) is 17.0 Å². The molecule has 0 fully saturated rings. The average Bonchev–Trinajstić information content (AvgIpc) is 2.68. The Balaban J connectivity index is 2.14. The van der Waals surface area contributed by atoms with Crippen LogP contribution >= 0.6 is 0 Å². The van der Waals surface area contributed by atoms with Crippen molar-refractivity contribution < 1.29 is 22.8 Å². The van der Waals surface area contributed by atoms with E-state index in [9.17, 15) is 18.5 Å². The van der Waals surface area contributed by atoms with Crippen LogP contribution in [-0.4, -0.2) is 33.3 Å². The van der Waals surface area contributed by atoms with E-state index in [2.05, 4.69) is 16.9 Å². The summed E-state index contributed by atoms with van der Waals surface area (Å²) in [4.78, 5) is 12.2. The van der Waals surface area contributed by atoms with E-state index in [1.54, 1.807) is 18.2 Å². The number of nitro benzene ring substituents is 1. The lowest BCUT2D eigenvalue weighted by Crippen LogP contribution is -2.18. The quantitative estimate of drug-likeness (QED) is 0.272. The summed E-state index contributed by atoms with van der Waals surface area (Å²) in [6.45, 7) is 4.17. The van der Waals surface area contributed by atoms with Crippen molar-refractivity contribution in [3.63, 3.8) is 0 Å². The number of hydrazone groups is 1. The van der Waals surface area contributed by atoms with Crippen LogP contribution in [0.5, 0.6) is 11.5 Å². The number of rotatable bonds is 10. The molecular weight excluding hydrogens is 398 g/mol. The van der Waals surface area contributed by atoms with E-state index in [0.717, 1.165) is 18.9 Å². The van der Waals surface area contributed by atoms with Crippen molar-refractivity contribution in [2.24, 2.45) is 5.10 Å². The van der Waals surface area contributed by atoms with Gasteiger partial charge in [0.15, 0.2) is 11.5 Å². The Bertz CT molecular complexity index is 1000. The van der Waals surface area contributed by atoms with Gasteiger partial charge in [0.05, 0.1) is 29.8 Å². The number of sulfonamides is 1. The van der Waals surface area contributed by atoms with Crippen LogP contribution in [0.25, 0.3) is 0 Å². The second-order valence-corrected chi connectivity index (χ2v) is 7.83. The van der Waals surface area contributed by atoms with E-state index >= 15 is 0 Å². The molecule has 0 saturated carbocycles. The summed E-state index contributed by atoms with van der Waals surface area (Å²) in [5, 5.41) is 14.7. The molecule has 2 aromatic rings. The minimum Gasteiger partial charge on any atom is -0.493 e. The molecule has 0 aliphatic rings. The number of nitrogens with zero attached hydrogens (tertiary/aromatic N) is 2. The lowest BCUT2D eigenvalue weighted by molar-refractivity contribution is -0.385. The molecule has 2 aromatic carbocycles. The van der Waals surface area contributed by atoms with Gasteiger partial charge < -0.3 is 9.47 Å². The van der Waals surface area contributed by atoms with Crippen LogP contribution in [0.15, 0.2) is 46.4 Å². The monoisotopic (exact) mass is 421 g/mol. The number of hydrogen-bond donors (Lipinski definition) is 1. The topological polar surface area (TPSA) is 120 Å². The maximum absolute atomic E-state index is 12.3. The third-order valence-corrected chi connectivity index (χ3v) is 5.24. The average molecular weight is 421 g/mol. The first-order chi connectivity index (χ1) is 13.8. The standard InChI is InChI=1S/C19H23N3O6S/c1-4-5-10-28-18-9-7-15(11-19(18)27-3)13-20-21-29(25,26)16-8-6-14(2)17(12-16)22(23)24/h6-9,11-13,21H,4-5,10H2,1-3H3/b20-13+. The van der Waals surface area contributed by atoms with Crippen molar-refractivity contribution in [1.29, 1.82) is 0 Å². The third kappa shape index (κ3) is 5.92. The third-order valence-electron chi connectivity index (χ3n) is 4.02. The predicted octanol–water partition coefficient (Wildman–Crippen LogP) is 3.40. The molecule has 0 saturated heterocycles. The zero-order valence-corrected chi connectivity index (χ0v) is 17.2. The summed E-state index contributed by atoms with van der Waals surface area (Å²) in [5.74, 6) is 1.09. The summed E-state index contributed by atoms with van der Waals surface area (Å²) < 4.78 is 35.6. The van der Waals surface area contributed by atoms with Gasteiger partial charge in [-0.25, -0.2) is 4.83 Å². The molecule has 0 radical (unpaired) electrons. The Morgan fingerprint density at radius 2 is 1.97 bits per heavy atom. The lowest BCUT2D eigenvalue weighted by atomic mass is 10.2. The summed E-state index contributed by atoms with van der Waals surface area (Å²) in [7, 11) is -2.54. The molecule has 0 amide bonds. The first kappa shape index (κ1) is 22.2. The van der Waals surface area contributed by atoms with Gasteiger partial charge in [-0.15, -0.1) is 0 Å². The molecule has 156 valence electrons. The second-order valence-electron chi connectivity index (χ2n) is 6.17. The van der Waals surface area contributed by atoms with Gasteiger partial charge in [-0.1, -0.05) is 19.4 Å². The van der Waals surface area contributed by atoms with E-state index in [0.29, 0.717) is 29.2 Å². The molecule has 1 N–H and O–H groups in total. The van der Waals surface area contributed by atoms with Crippen molar-refractivity contribution in [3.05, 3.63) is 57.6 Å². The van der Waals surface area contributed by atoms with E-state index < -0.39 is 14.9 Å². The zero-order chi connectivity index (χ0) is 21.4. The van der Waals surface area contributed by atoms with E-state index in [1.807, 2.05) is 0 Å². The van der Waals surface area contributed by atoms with Gasteiger partial charge in [0.1, 0.15) is 0 Å². The number of hydrogen-bond acceptors (Lipinski definition) is 7. The SMILES string of the molecule is CCCCOc1ccc(/C=N/NS(=O)(=O)c2ccc(C)c([N+](=O)[O-])c2)cc1OC. The maximum Gasteiger partial charge on any atom is 0.276 e. The smallest absolute Gasteiger partial charge is 0.276 e. The van der Waals surface area contributed by atoms with Gasteiger partial charge in [-0.2, -0.15) is 13.5 Å². The highest BCUT2D eigenvalue weighted by molar-refractivity contribution is 7.89. The summed E-state index contributed by atoms with van der Waals surface area (Å²) in [5.41, 5.74) is 0.674. The first-order valence-corrected chi connectivity index (χ1v) is 10.4. The first-order valence-electron chi connectivity index (χ1n) is 8.89. The highest BCUT2D eigenvalue weighted by atomic mass is 32.2. The van der Waals surface area contributed by atoms with Gasteiger partial charge in [-0.05, 0) is 43.2 Å². The predicted molar refractivity (Wildman–Crippen MR) is 109 cm³/mol. The minimum absolute atomic E-state index is 0.246. The van der Waals surface area contributed by atoms with E-state index in [4.69, 9.17) is 9.47 Å². The molecular formula is C19H23N3O6S. The Morgan fingerprint density at radius 3 is 2.62 bits per heavy atom. The van der Waals surface area contributed by atoms with Crippen LogP contribution in [-0.2, 0) is 10.0 Å².